The maximum absolute atomic E-state index is 11.8. The summed E-state index contributed by atoms with van der Waals surface area (Å²) in [5.41, 5.74) is -0.590. The third-order valence-electron chi connectivity index (χ3n) is 3.09. The van der Waals surface area contributed by atoms with Crippen LogP contribution in [0.5, 0.6) is 5.75 Å². The molecule has 130 valence electrons. The van der Waals surface area contributed by atoms with Crippen LogP contribution in [-0.4, -0.2) is 35.7 Å². The van der Waals surface area contributed by atoms with Gasteiger partial charge in [-0.2, -0.15) is 0 Å². The molecule has 0 spiro atoms. The average molecular weight is 355 g/mol. The summed E-state index contributed by atoms with van der Waals surface area (Å²) in [5, 5.41) is 0.311. The Balaban J connectivity index is 2.14. The van der Waals surface area contributed by atoms with Crippen LogP contribution in [0.1, 0.15) is 13.8 Å². The highest BCUT2D eigenvalue weighted by molar-refractivity contribution is 6.32. The highest BCUT2D eigenvalue weighted by Crippen LogP contribution is 2.24. The van der Waals surface area contributed by atoms with Crippen LogP contribution in [0.4, 0.5) is 0 Å². The van der Waals surface area contributed by atoms with Gasteiger partial charge in [0.15, 0.2) is 6.29 Å². The van der Waals surface area contributed by atoms with Crippen molar-refractivity contribution in [1.82, 2.24) is 9.55 Å². The largest absolute Gasteiger partial charge is 0.488 e. The summed E-state index contributed by atoms with van der Waals surface area (Å²) < 4.78 is 17.7. The zero-order valence-corrected chi connectivity index (χ0v) is 14.2. The van der Waals surface area contributed by atoms with Gasteiger partial charge >= 0.3 is 5.69 Å². The Labute approximate surface area is 143 Å². The lowest BCUT2D eigenvalue weighted by molar-refractivity contribution is -0.152. The van der Waals surface area contributed by atoms with E-state index in [-0.39, 0.29) is 6.61 Å². The molecule has 1 aromatic carbocycles. The fourth-order valence-electron chi connectivity index (χ4n) is 2.06. The van der Waals surface area contributed by atoms with E-state index in [1.165, 1.54) is 16.8 Å². The van der Waals surface area contributed by atoms with Crippen LogP contribution < -0.4 is 16.0 Å². The number of aromatic nitrogens is 2. The van der Waals surface area contributed by atoms with E-state index in [4.69, 9.17) is 25.8 Å². The minimum Gasteiger partial charge on any atom is -0.488 e. The first-order chi connectivity index (χ1) is 11.5. The smallest absolute Gasteiger partial charge is 0.332 e. The molecule has 0 saturated heterocycles. The minimum atomic E-state index is -0.564. The summed E-state index contributed by atoms with van der Waals surface area (Å²) in [6.45, 7) is 5.00. The number of rotatable bonds is 8. The molecule has 0 aliphatic carbocycles. The number of halogens is 1. The molecule has 1 aromatic heterocycles. The number of nitrogens with zero attached hydrogens (tertiary/aromatic N) is 1. The molecule has 0 bridgehead atoms. The van der Waals surface area contributed by atoms with E-state index >= 15 is 0 Å². The van der Waals surface area contributed by atoms with Crippen LogP contribution in [0, 0.1) is 0 Å². The molecular weight excluding hydrogens is 336 g/mol. The molecule has 0 aliphatic rings. The summed E-state index contributed by atoms with van der Waals surface area (Å²) >= 11 is 6.22. The minimum absolute atomic E-state index is 0.218. The summed E-state index contributed by atoms with van der Waals surface area (Å²) in [4.78, 5) is 25.1. The number of aromatic amines is 1. The number of ether oxygens (including phenoxy) is 3. The van der Waals surface area contributed by atoms with Crippen molar-refractivity contribution in [3.05, 3.63) is 56.3 Å². The molecule has 1 N–H and O–H groups in total. The molecule has 8 heteroatoms. The van der Waals surface area contributed by atoms with Gasteiger partial charge in [0.2, 0.25) is 0 Å². The third-order valence-corrected chi connectivity index (χ3v) is 3.40. The highest BCUT2D eigenvalue weighted by Gasteiger charge is 2.11. The van der Waals surface area contributed by atoms with E-state index in [1.54, 1.807) is 18.2 Å². The fraction of sp³-hybridized carbons (Fsp3) is 0.375. The lowest BCUT2D eigenvalue weighted by atomic mass is 10.3. The van der Waals surface area contributed by atoms with Crippen LogP contribution in [0.15, 0.2) is 40.1 Å². The second-order valence-electron chi connectivity index (χ2n) is 4.74. The van der Waals surface area contributed by atoms with E-state index in [1.807, 2.05) is 13.8 Å². The van der Waals surface area contributed by atoms with Gasteiger partial charge < -0.3 is 14.2 Å². The predicted molar refractivity (Wildman–Crippen MR) is 90.2 cm³/mol. The topological polar surface area (TPSA) is 82.5 Å². The highest BCUT2D eigenvalue weighted by atomic mass is 35.5. The van der Waals surface area contributed by atoms with Gasteiger partial charge in [-0.05, 0) is 26.0 Å². The summed E-state index contributed by atoms with van der Waals surface area (Å²) in [6.07, 6.45) is 0.906. The zero-order chi connectivity index (χ0) is 17.5. The molecule has 0 atom stereocenters. The van der Waals surface area contributed by atoms with Gasteiger partial charge in [0.05, 0.1) is 10.7 Å². The Morgan fingerprint density at radius 3 is 2.46 bits per heavy atom. The Kier molecular flexibility index (Phi) is 6.60. The maximum atomic E-state index is 11.8. The van der Waals surface area contributed by atoms with Crippen molar-refractivity contribution in [3.63, 3.8) is 0 Å². The van der Waals surface area contributed by atoms with E-state index in [9.17, 15) is 9.59 Å². The number of H-pyrrole nitrogens is 1. The molecule has 0 saturated carbocycles. The molecule has 0 fully saturated rings. The summed E-state index contributed by atoms with van der Waals surface area (Å²) in [5.74, 6) is 0.519. The zero-order valence-electron chi connectivity index (χ0n) is 13.5. The Morgan fingerprint density at radius 1 is 1.17 bits per heavy atom. The number of hydrogen-bond acceptors (Lipinski definition) is 5. The van der Waals surface area contributed by atoms with Crippen LogP contribution in [0.2, 0.25) is 5.02 Å². The Morgan fingerprint density at radius 2 is 1.88 bits per heavy atom. The standard InChI is InChI=1S/C16H19ClN2O5/c1-3-22-15(23-4-2)10-24-11-5-6-13(12(17)9-11)19-8-7-14(20)18-16(19)21/h5-9,15H,3-4,10H2,1-2H3,(H,18,20,21). The van der Waals surface area contributed by atoms with Crippen LogP contribution in [0.25, 0.3) is 5.69 Å². The van der Waals surface area contributed by atoms with Crippen molar-refractivity contribution in [2.75, 3.05) is 19.8 Å². The van der Waals surface area contributed by atoms with Gasteiger partial charge in [-0.15, -0.1) is 0 Å². The van der Waals surface area contributed by atoms with Gasteiger partial charge in [-0.25, -0.2) is 4.79 Å². The molecule has 2 aromatic rings. The van der Waals surface area contributed by atoms with Crippen LogP contribution in [0.3, 0.4) is 0 Å². The first kappa shape index (κ1) is 18.3. The fourth-order valence-corrected chi connectivity index (χ4v) is 2.32. The predicted octanol–water partition coefficient (Wildman–Crippen LogP) is 1.96. The molecular formula is C16H19ClN2O5. The monoisotopic (exact) mass is 354 g/mol. The molecule has 24 heavy (non-hydrogen) atoms. The lowest BCUT2D eigenvalue weighted by Gasteiger charge is -2.18. The van der Waals surface area contributed by atoms with Crippen molar-refractivity contribution < 1.29 is 14.2 Å². The number of benzene rings is 1. The van der Waals surface area contributed by atoms with E-state index in [2.05, 4.69) is 4.98 Å². The third kappa shape index (κ3) is 4.70. The molecule has 0 aliphatic heterocycles. The van der Waals surface area contributed by atoms with Gasteiger partial charge in [0, 0.05) is 31.5 Å². The normalized spacial score (nSPS) is 11.0. The quantitative estimate of drug-likeness (QED) is 0.733. The SMILES string of the molecule is CCOC(COc1ccc(-n2ccc(=O)[nH]c2=O)c(Cl)c1)OCC. The average Bonchev–Trinajstić information content (AvgIpc) is 2.54. The second-order valence-corrected chi connectivity index (χ2v) is 5.15. The van der Waals surface area contributed by atoms with Crippen LogP contribution in [-0.2, 0) is 9.47 Å². The summed E-state index contributed by atoms with van der Waals surface area (Å²) in [7, 11) is 0. The lowest BCUT2D eigenvalue weighted by Crippen LogP contribution is -2.27. The molecule has 7 nitrogen and oxygen atoms in total. The van der Waals surface area contributed by atoms with Gasteiger partial charge in [-0.1, -0.05) is 11.6 Å². The van der Waals surface area contributed by atoms with Crippen molar-refractivity contribution in [1.29, 1.82) is 0 Å². The number of hydrogen-bond donors (Lipinski definition) is 1. The van der Waals surface area contributed by atoms with E-state index < -0.39 is 17.5 Å². The van der Waals surface area contributed by atoms with Gasteiger partial charge in [-0.3, -0.25) is 14.3 Å². The number of nitrogens with one attached hydrogen (secondary N) is 1. The van der Waals surface area contributed by atoms with Crippen molar-refractivity contribution in [2.24, 2.45) is 0 Å². The molecule has 0 amide bonds. The van der Waals surface area contributed by atoms with Crippen molar-refractivity contribution in [2.45, 2.75) is 20.1 Å². The first-order valence-corrected chi connectivity index (χ1v) is 7.90. The Hall–Kier alpha value is -2.09. The second kappa shape index (κ2) is 8.68. The van der Waals surface area contributed by atoms with Crippen molar-refractivity contribution >= 4 is 11.6 Å². The molecule has 0 radical (unpaired) electrons. The first-order valence-electron chi connectivity index (χ1n) is 7.53. The van der Waals surface area contributed by atoms with Gasteiger partial charge in [0.25, 0.3) is 5.56 Å². The van der Waals surface area contributed by atoms with Crippen molar-refractivity contribution in [3.8, 4) is 11.4 Å². The Bertz CT molecular complexity index is 781. The molecule has 0 unspecified atom stereocenters. The maximum Gasteiger partial charge on any atom is 0.332 e. The van der Waals surface area contributed by atoms with E-state index in [0.29, 0.717) is 29.7 Å². The summed E-state index contributed by atoms with van der Waals surface area (Å²) in [6, 6.07) is 6.14. The molecule has 1 heterocycles. The van der Waals surface area contributed by atoms with Gasteiger partial charge in [0.1, 0.15) is 12.4 Å². The van der Waals surface area contributed by atoms with Crippen LogP contribution >= 0.6 is 11.6 Å². The molecule has 2 rings (SSSR count). The van der Waals surface area contributed by atoms with E-state index in [0.717, 1.165) is 0 Å².